The molecule has 0 saturated carbocycles. The number of aromatic nitrogens is 3. The van der Waals surface area contributed by atoms with E-state index in [1.54, 1.807) is 13.3 Å². The maximum absolute atomic E-state index is 5.79. The summed E-state index contributed by atoms with van der Waals surface area (Å²) in [6.45, 7) is 5.44. The van der Waals surface area contributed by atoms with E-state index in [1.165, 1.54) is 0 Å². The van der Waals surface area contributed by atoms with Gasteiger partial charge in [0.1, 0.15) is 11.9 Å². The van der Waals surface area contributed by atoms with Crippen LogP contribution in [0.5, 0.6) is 5.88 Å². The first kappa shape index (κ1) is 13.6. The van der Waals surface area contributed by atoms with Gasteiger partial charge in [0.2, 0.25) is 5.65 Å². The first-order valence-corrected chi connectivity index (χ1v) is 6.47. The van der Waals surface area contributed by atoms with E-state index in [0.717, 1.165) is 18.8 Å². The van der Waals surface area contributed by atoms with Crippen LogP contribution in [0.25, 0.3) is 5.65 Å². The van der Waals surface area contributed by atoms with Gasteiger partial charge in [-0.3, -0.25) is 4.40 Å². The normalized spacial score (nSPS) is 12.6. The standard InChI is InChI=1S/C13H20N4O2/c1-4-5-14-11-8-17-7-6-15-12(17)13(16-11)19-10(2)9-18-3/h6-8,10,14H,4-5,9H2,1-3H3. The maximum Gasteiger partial charge on any atom is 0.260 e. The molecule has 6 nitrogen and oxygen atoms in total. The molecule has 0 radical (unpaired) electrons. The number of hydrogen-bond acceptors (Lipinski definition) is 5. The molecule has 1 atom stereocenters. The van der Waals surface area contributed by atoms with Crippen LogP contribution in [0.4, 0.5) is 5.82 Å². The van der Waals surface area contributed by atoms with Crippen molar-refractivity contribution in [3.63, 3.8) is 0 Å². The molecular weight excluding hydrogens is 244 g/mol. The largest absolute Gasteiger partial charge is 0.470 e. The third kappa shape index (κ3) is 3.35. The quantitative estimate of drug-likeness (QED) is 0.828. The zero-order valence-electron chi connectivity index (χ0n) is 11.6. The lowest BCUT2D eigenvalue weighted by atomic mass is 10.4. The molecule has 0 aliphatic carbocycles. The van der Waals surface area contributed by atoms with Crippen LogP contribution in [-0.2, 0) is 4.74 Å². The number of anilines is 1. The van der Waals surface area contributed by atoms with Crippen LogP contribution < -0.4 is 10.1 Å². The first-order chi connectivity index (χ1) is 9.24. The molecule has 0 aliphatic heterocycles. The predicted octanol–water partition coefficient (Wildman–Crippen LogP) is 1.96. The van der Waals surface area contributed by atoms with Gasteiger partial charge in [0.05, 0.1) is 12.8 Å². The van der Waals surface area contributed by atoms with Gasteiger partial charge in [0.15, 0.2) is 0 Å². The van der Waals surface area contributed by atoms with Gasteiger partial charge >= 0.3 is 0 Å². The van der Waals surface area contributed by atoms with Crippen LogP contribution in [0.3, 0.4) is 0 Å². The highest BCUT2D eigenvalue weighted by Gasteiger charge is 2.12. The Kier molecular flexibility index (Phi) is 4.57. The van der Waals surface area contributed by atoms with Crippen molar-refractivity contribution in [2.24, 2.45) is 0 Å². The topological polar surface area (TPSA) is 60.7 Å². The number of methoxy groups -OCH3 is 1. The summed E-state index contributed by atoms with van der Waals surface area (Å²) in [5, 5.41) is 3.25. The van der Waals surface area contributed by atoms with Gasteiger partial charge in [-0.1, -0.05) is 6.92 Å². The van der Waals surface area contributed by atoms with E-state index in [1.807, 2.05) is 23.7 Å². The van der Waals surface area contributed by atoms with Gasteiger partial charge in [-0.15, -0.1) is 0 Å². The van der Waals surface area contributed by atoms with E-state index in [9.17, 15) is 0 Å². The van der Waals surface area contributed by atoms with Gasteiger partial charge in [0, 0.05) is 26.0 Å². The van der Waals surface area contributed by atoms with E-state index in [4.69, 9.17) is 9.47 Å². The molecule has 2 aromatic rings. The molecule has 0 bridgehead atoms. The molecule has 0 fully saturated rings. The summed E-state index contributed by atoms with van der Waals surface area (Å²) in [6.07, 6.45) is 6.49. The molecule has 0 aromatic carbocycles. The highest BCUT2D eigenvalue weighted by molar-refractivity contribution is 5.53. The maximum atomic E-state index is 5.79. The molecule has 19 heavy (non-hydrogen) atoms. The Balaban J connectivity index is 2.25. The number of nitrogens with zero attached hydrogens (tertiary/aromatic N) is 3. The lowest BCUT2D eigenvalue weighted by molar-refractivity contribution is 0.0898. The fourth-order valence-corrected chi connectivity index (χ4v) is 1.78. The summed E-state index contributed by atoms with van der Waals surface area (Å²) in [5.41, 5.74) is 0.713. The molecular formula is C13H20N4O2. The van der Waals surface area contributed by atoms with Crippen molar-refractivity contribution in [1.82, 2.24) is 14.4 Å². The Morgan fingerprint density at radius 2 is 2.32 bits per heavy atom. The lowest BCUT2D eigenvalue weighted by Gasteiger charge is -2.14. The molecule has 0 saturated heterocycles. The van der Waals surface area contributed by atoms with Gasteiger partial charge < -0.3 is 14.8 Å². The minimum atomic E-state index is -0.0700. The average molecular weight is 264 g/mol. The number of hydrogen-bond donors (Lipinski definition) is 1. The molecule has 2 aromatic heterocycles. The minimum Gasteiger partial charge on any atom is -0.470 e. The highest BCUT2D eigenvalue weighted by Crippen LogP contribution is 2.19. The second-order valence-corrected chi connectivity index (χ2v) is 4.40. The van der Waals surface area contributed by atoms with Crippen LogP contribution in [0.2, 0.25) is 0 Å². The van der Waals surface area contributed by atoms with E-state index in [2.05, 4.69) is 22.2 Å². The Labute approximate surface area is 112 Å². The van der Waals surface area contributed by atoms with Crippen LogP contribution in [0, 0.1) is 0 Å². The summed E-state index contributed by atoms with van der Waals surface area (Å²) >= 11 is 0. The van der Waals surface area contributed by atoms with Crippen molar-refractivity contribution in [3.05, 3.63) is 18.6 Å². The van der Waals surface area contributed by atoms with Crippen LogP contribution in [0.1, 0.15) is 20.3 Å². The summed E-state index contributed by atoms with van der Waals surface area (Å²) in [5.74, 6) is 1.31. The van der Waals surface area contributed by atoms with E-state index < -0.39 is 0 Å². The molecule has 1 N–H and O–H groups in total. The predicted molar refractivity (Wildman–Crippen MR) is 73.7 cm³/mol. The minimum absolute atomic E-state index is 0.0700. The summed E-state index contributed by atoms with van der Waals surface area (Å²) in [7, 11) is 1.65. The van der Waals surface area contributed by atoms with Crippen molar-refractivity contribution in [2.45, 2.75) is 26.4 Å². The molecule has 2 heterocycles. The Morgan fingerprint density at radius 1 is 1.47 bits per heavy atom. The fraction of sp³-hybridized carbons (Fsp3) is 0.538. The van der Waals surface area contributed by atoms with Crippen molar-refractivity contribution in [3.8, 4) is 5.88 Å². The fourth-order valence-electron chi connectivity index (χ4n) is 1.78. The zero-order valence-corrected chi connectivity index (χ0v) is 11.6. The van der Waals surface area contributed by atoms with Gasteiger partial charge in [-0.2, -0.15) is 4.98 Å². The first-order valence-electron chi connectivity index (χ1n) is 6.47. The van der Waals surface area contributed by atoms with Gasteiger partial charge in [-0.25, -0.2) is 4.98 Å². The third-order valence-corrected chi connectivity index (χ3v) is 2.61. The van der Waals surface area contributed by atoms with Crippen LogP contribution >= 0.6 is 0 Å². The Morgan fingerprint density at radius 3 is 3.05 bits per heavy atom. The van der Waals surface area contributed by atoms with Crippen molar-refractivity contribution in [2.75, 3.05) is 25.6 Å². The molecule has 104 valence electrons. The Bertz CT molecular complexity index is 526. The molecule has 6 heteroatoms. The molecule has 0 amide bonds. The molecule has 0 spiro atoms. The van der Waals surface area contributed by atoms with E-state index >= 15 is 0 Å². The van der Waals surface area contributed by atoms with Crippen molar-refractivity contribution < 1.29 is 9.47 Å². The second kappa shape index (κ2) is 6.38. The monoisotopic (exact) mass is 264 g/mol. The number of fused-ring (bicyclic) bond motifs is 1. The van der Waals surface area contributed by atoms with Crippen molar-refractivity contribution in [1.29, 1.82) is 0 Å². The summed E-state index contributed by atoms with van der Waals surface area (Å²) < 4.78 is 12.8. The van der Waals surface area contributed by atoms with Crippen molar-refractivity contribution >= 4 is 11.5 Å². The highest BCUT2D eigenvalue weighted by atomic mass is 16.5. The Hall–Kier alpha value is -1.82. The third-order valence-electron chi connectivity index (χ3n) is 2.61. The smallest absolute Gasteiger partial charge is 0.260 e. The number of rotatable bonds is 7. The molecule has 1 unspecified atom stereocenters. The van der Waals surface area contributed by atoms with Crippen LogP contribution in [-0.4, -0.2) is 40.7 Å². The number of imidazole rings is 1. The second-order valence-electron chi connectivity index (χ2n) is 4.40. The van der Waals surface area contributed by atoms with E-state index in [-0.39, 0.29) is 6.10 Å². The van der Waals surface area contributed by atoms with E-state index in [0.29, 0.717) is 18.1 Å². The molecule has 2 rings (SSSR count). The van der Waals surface area contributed by atoms with Gasteiger partial charge in [-0.05, 0) is 13.3 Å². The summed E-state index contributed by atoms with van der Waals surface area (Å²) in [6, 6.07) is 0. The number of ether oxygens (including phenoxy) is 2. The summed E-state index contributed by atoms with van der Waals surface area (Å²) in [4.78, 5) is 8.72. The average Bonchev–Trinajstić information content (AvgIpc) is 2.85. The zero-order chi connectivity index (χ0) is 13.7. The van der Waals surface area contributed by atoms with Gasteiger partial charge in [0.25, 0.3) is 5.88 Å². The lowest BCUT2D eigenvalue weighted by Crippen LogP contribution is -2.19. The SMILES string of the molecule is CCCNc1cn2ccnc2c(OC(C)COC)n1. The van der Waals surface area contributed by atoms with Crippen LogP contribution in [0.15, 0.2) is 18.6 Å². The number of nitrogens with one attached hydrogen (secondary N) is 1. The molecule has 0 aliphatic rings.